The smallest absolute Gasteiger partial charge is 0.230 e. The van der Waals surface area contributed by atoms with Gasteiger partial charge in [0.05, 0.1) is 5.41 Å². The van der Waals surface area contributed by atoms with Crippen molar-refractivity contribution in [1.82, 2.24) is 5.32 Å². The van der Waals surface area contributed by atoms with Gasteiger partial charge in [-0.1, -0.05) is 31.0 Å². The molecule has 3 rings (SSSR count). The molecular formula is C16H20FNO. The summed E-state index contributed by atoms with van der Waals surface area (Å²) in [5.41, 5.74) is -0.0110. The van der Waals surface area contributed by atoms with Crippen LogP contribution in [-0.2, 0) is 10.2 Å². The molecule has 2 aliphatic carbocycles. The van der Waals surface area contributed by atoms with Crippen molar-refractivity contribution in [2.45, 2.75) is 43.9 Å². The summed E-state index contributed by atoms with van der Waals surface area (Å²) in [6.07, 6.45) is 6.52. The first-order chi connectivity index (χ1) is 9.22. The fourth-order valence-corrected chi connectivity index (χ4v) is 3.21. The predicted octanol–water partition coefficient (Wildman–Crippen LogP) is 3.16. The molecule has 1 aromatic rings. The number of amides is 1. The van der Waals surface area contributed by atoms with Gasteiger partial charge in [0, 0.05) is 12.1 Å². The van der Waals surface area contributed by atoms with Crippen LogP contribution in [-0.4, -0.2) is 12.5 Å². The van der Waals surface area contributed by atoms with Gasteiger partial charge in [-0.25, -0.2) is 4.39 Å². The van der Waals surface area contributed by atoms with Crippen molar-refractivity contribution >= 4 is 5.91 Å². The molecule has 0 spiro atoms. The summed E-state index contributed by atoms with van der Waals surface area (Å²) in [4.78, 5) is 12.4. The van der Waals surface area contributed by atoms with E-state index < -0.39 is 5.41 Å². The van der Waals surface area contributed by atoms with E-state index in [9.17, 15) is 9.18 Å². The Labute approximate surface area is 113 Å². The summed E-state index contributed by atoms with van der Waals surface area (Å²) in [5.74, 6) is 0.390. The number of benzene rings is 1. The van der Waals surface area contributed by atoms with E-state index in [1.54, 1.807) is 12.1 Å². The molecular weight excluding hydrogens is 241 g/mol. The zero-order valence-electron chi connectivity index (χ0n) is 11.1. The Bertz CT molecular complexity index is 475. The third-order valence-corrected chi connectivity index (χ3v) is 4.60. The van der Waals surface area contributed by atoms with Crippen LogP contribution in [0.5, 0.6) is 0 Å². The number of hydrogen-bond acceptors (Lipinski definition) is 1. The van der Waals surface area contributed by atoms with Gasteiger partial charge >= 0.3 is 0 Å². The molecule has 0 aliphatic heterocycles. The minimum atomic E-state index is -0.579. The topological polar surface area (TPSA) is 29.1 Å². The van der Waals surface area contributed by atoms with E-state index in [-0.39, 0.29) is 11.7 Å². The molecule has 2 nitrogen and oxygen atoms in total. The number of hydrogen-bond donors (Lipinski definition) is 1. The van der Waals surface area contributed by atoms with Gasteiger partial charge in [0.15, 0.2) is 0 Å². The van der Waals surface area contributed by atoms with Crippen LogP contribution in [0, 0.1) is 11.7 Å². The molecule has 0 heterocycles. The van der Waals surface area contributed by atoms with Gasteiger partial charge in [-0.15, -0.1) is 0 Å². The molecule has 2 saturated carbocycles. The molecule has 19 heavy (non-hydrogen) atoms. The highest BCUT2D eigenvalue weighted by Gasteiger charge is 2.52. The van der Waals surface area contributed by atoms with Crippen LogP contribution in [0.3, 0.4) is 0 Å². The van der Waals surface area contributed by atoms with E-state index >= 15 is 0 Å². The standard InChI is InChI=1S/C16H20FNO/c17-14-8-4-3-7-13(14)16(9-10-16)15(19)18-11-12-5-1-2-6-12/h3-4,7-8,12H,1-2,5-6,9-11H2,(H,18,19). The molecule has 2 aliphatic rings. The Morgan fingerprint density at radius 3 is 2.58 bits per heavy atom. The Morgan fingerprint density at radius 2 is 1.95 bits per heavy atom. The molecule has 0 unspecified atom stereocenters. The molecule has 3 heteroatoms. The van der Waals surface area contributed by atoms with Crippen LogP contribution in [0.25, 0.3) is 0 Å². The van der Waals surface area contributed by atoms with Gasteiger partial charge in [0.2, 0.25) is 5.91 Å². The Morgan fingerprint density at radius 1 is 1.26 bits per heavy atom. The molecule has 0 saturated heterocycles. The average Bonchev–Trinajstić information content (AvgIpc) is 3.06. The monoisotopic (exact) mass is 261 g/mol. The normalized spacial score (nSPS) is 21.3. The summed E-state index contributed by atoms with van der Waals surface area (Å²) < 4.78 is 13.8. The molecule has 1 N–H and O–H groups in total. The molecule has 0 radical (unpaired) electrons. The van der Waals surface area contributed by atoms with Crippen LogP contribution >= 0.6 is 0 Å². The van der Waals surface area contributed by atoms with Gasteiger partial charge in [0.1, 0.15) is 5.82 Å². The lowest BCUT2D eigenvalue weighted by Gasteiger charge is -2.18. The van der Waals surface area contributed by atoms with Gasteiger partial charge in [-0.2, -0.15) is 0 Å². The van der Waals surface area contributed by atoms with Crippen molar-refractivity contribution in [3.05, 3.63) is 35.6 Å². The minimum Gasteiger partial charge on any atom is -0.355 e. The first-order valence-corrected chi connectivity index (χ1v) is 7.26. The fourth-order valence-electron chi connectivity index (χ4n) is 3.21. The molecule has 102 valence electrons. The van der Waals surface area contributed by atoms with E-state index in [1.807, 2.05) is 6.07 Å². The third kappa shape index (κ3) is 2.38. The predicted molar refractivity (Wildman–Crippen MR) is 72.3 cm³/mol. The summed E-state index contributed by atoms with van der Waals surface area (Å²) in [5, 5.41) is 3.05. The van der Waals surface area contributed by atoms with E-state index in [4.69, 9.17) is 0 Å². The van der Waals surface area contributed by atoms with Crippen molar-refractivity contribution in [2.24, 2.45) is 5.92 Å². The number of rotatable bonds is 4. The highest BCUT2D eigenvalue weighted by atomic mass is 19.1. The van der Waals surface area contributed by atoms with Gasteiger partial charge < -0.3 is 5.32 Å². The van der Waals surface area contributed by atoms with Crippen molar-refractivity contribution in [1.29, 1.82) is 0 Å². The lowest BCUT2D eigenvalue weighted by molar-refractivity contribution is -0.123. The maximum Gasteiger partial charge on any atom is 0.230 e. The van der Waals surface area contributed by atoms with Gasteiger partial charge in [-0.3, -0.25) is 4.79 Å². The molecule has 1 amide bonds. The van der Waals surface area contributed by atoms with Crippen LogP contribution in [0.15, 0.2) is 24.3 Å². The van der Waals surface area contributed by atoms with Crippen LogP contribution in [0.1, 0.15) is 44.1 Å². The Kier molecular flexibility index (Phi) is 3.29. The number of nitrogens with one attached hydrogen (secondary N) is 1. The molecule has 0 atom stereocenters. The van der Waals surface area contributed by atoms with Crippen molar-refractivity contribution < 1.29 is 9.18 Å². The van der Waals surface area contributed by atoms with E-state index in [1.165, 1.54) is 31.7 Å². The lowest BCUT2D eigenvalue weighted by Crippen LogP contribution is -2.37. The lowest BCUT2D eigenvalue weighted by atomic mass is 9.94. The van der Waals surface area contributed by atoms with Crippen LogP contribution < -0.4 is 5.32 Å². The summed E-state index contributed by atoms with van der Waals surface area (Å²) in [6.45, 7) is 0.759. The SMILES string of the molecule is O=C(NCC1CCCC1)C1(c2ccccc2F)CC1. The maximum atomic E-state index is 13.8. The minimum absolute atomic E-state index is 0.0181. The molecule has 0 bridgehead atoms. The first-order valence-electron chi connectivity index (χ1n) is 7.26. The van der Waals surface area contributed by atoms with E-state index in [0.29, 0.717) is 11.5 Å². The van der Waals surface area contributed by atoms with Gasteiger partial charge in [0.25, 0.3) is 0 Å². The van der Waals surface area contributed by atoms with Crippen LogP contribution in [0.4, 0.5) is 4.39 Å². The average molecular weight is 261 g/mol. The maximum absolute atomic E-state index is 13.8. The van der Waals surface area contributed by atoms with Gasteiger partial charge in [-0.05, 0) is 37.7 Å². The summed E-state index contributed by atoms with van der Waals surface area (Å²) >= 11 is 0. The quantitative estimate of drug-likeness (QED) is 0.886. The number of carbonyl (C=O) groups excluding carboxylic acids is 1. The number of halogens is 1. The molecule has 2 fully saturated rings. The summed E-state index contributed by atoms with van der Waals surface area (Å²) in [7, 11) is 0. The summed E-state index contributed by atoms with van der Waals surface area (Å²) in [6, 6.07) is 6.67. The third-order valence-electron chi connectivity index (χ3n) is 4.60. The largest absolute Gasteiger partial charge is 0.355 e. The van der Waals surface area contributed by atoms with E-state index in [2.05, 4.69) is 5.32 Å². The Hall–Kier alpha value is -1.38. The van der Waals surface area contributed by atoms with Crippen molar-refractivity contribution in [3.63, 3.8) is 0 Å². The van der Waals surface area contributed by atoms with E-state index in [0.717, 1.165) is 19.4 Å². The second-order valence-corrected chi connectivity index (χ2v) is 5.92. The first kappa shape index (κ1) is 12.6. The fraction of sp³-hybridized carbons (Fsp3) is 0.562. The van der Waals surface area contributed by atoms with Crippen LogP contribution in [0.2, 0.25) is 0 Å². The van der Waals surface area contributed by atoms with Crippen molar-refractivity contribution in [3.8, 4) is 0 Å². The Balaban J connectivity index is 1.67. The highest BCUT2D eigenvalue weighted by molar-refractivity contribution is 5.91. The highest BCUT2D eigenvalue weighted by Crippen LogP contribution is 2.49. The zero-order valence-corrected chi connectivity index (χ0v) is 11.1. The number of carbonyl (C=O) groups is 1. The zero-order chi connectivity index (χ0) is 13.3. The van der Waals surface area contributed by atoms with Crippen molar-refractivity contribution in [2.75, 3.05) is 6.54 Å². The molecule has 0 aromatic heterocycles. The molecule has 1 aromatic carbocycles. The second-order valence-electron chi connectivity index (χ2n) is 5.92. The second kappa shape index (κ2) is 4.95.